The minimum Gasteiger partial charge on any atom is -0.479 e. The molecular formula is C22H31F3N2O6S. The minimum atomic E-state index is -4.23. The van der Waals surface area contributed by atoms with Crippen molar-refractivity contribution in [1.82, 2.24) is 10.2 Å². The molecule has 12 heteroatoms. The lowest BCUT2D eigenvalue weighted by atomic mass is 9.92. The Balaban J connectivity index is 0.000000347. The van der Waals surface area contributed by atoms with Crippen LogP contribution in [0.1, 0.15) is 44.1 Å². The van der Waals surface area contributed by atoms with Crippen LogP contribution in [0.4, 0.5) is 13.2 Å². The Morgan fingerprint density at radius 1 is 1.03 bits per heavy atom. The number of aliphatic hydroxyl groups is 2. The first-order chi connectivity index (χ1) is 16.0. The average molecular weight is 509 g/mol. The molecule has 8 nitrogen and oxygen atoms in total. The van der Waals surface area contributed by atoms with E-state index in [0.717, 1.165) is 31.6 Å². The first-order valence-electron chi connectivity index (χ1n) is 11.1. The number of alkyl halides is 3. The molecule has 0 aromatic heterocycles. The Morgan fingerprint density at radius 3 is 2.15 bits per heavy atom. The molecule has 0 unspecified atom stereocenters. The van der Waals surface area contributed by atoms with Gasteiger partial charge in [-0.1, -0.05) is 31.4 Å². The molecular weight excluding hydrogens is 477 g/mol. The molecule has 1 aromatic rings. The summed E-state index contributed by atoms with van der Waals surface area (Å²) in [5, 5.41) is 36.0. The van der Waals surface area contributed by atoms with E-state index in [1.165, 1.54) is 32.1 Å². The average Bonchev–Trinajstić information content (AvgIpc) is 3.31. The van der Waals surface area contributed by atoms with Crippen molar-refractivity contribution in [1.29, 1.82) is 0 Å². The van der Waals surface area contributed by atoms with Gasteiger partial charge in [0.05, 0.1) is 0 Å². The van der Waals surface area contributed by atoms with Crippen LogP contribution in [0, 0.1) is 0 Å². The number of rotatable bonds is 8. The van der Waals surface area contributed by atoms with E-state index in [9.17, 15) is 22.8 Å². The van der Waals surface area contributed by atoms with E-state index < -0.39 is 29.7 Å². The summed E-state index contributed by atoms with van der Waals surface area (Å²) < 4.78 is 37.8. The number of nitrogens with zero attached hydrogens (tertiary/aromatic N) is 1. The van der Waals surface area contributed by atoms with Crippen molar-refractivity contribution < 1.29 is 43.2 Å². The Labute approximate surface area is 200 Å². The number of nitrogens with one attached hydrogen (secondary N) is 1. The van der Waals surface area contributed by atoms with Gasteiger partial charge in [-0.2, -0.15) is 13.2 Å². The first-order valence-corrected chi connectivity index (χ1v) is 11.9. The maximum absolute atomic E-state index is 12.6. The molecule has 1 saturated carbocycles. The predicted molar refractivity (Wildman–Crippen MR) is 119 cm³/mol. The summed E-state index contributed by atoms with van der Waals surface area (Å²) in [5.41, 5.74) is -3.24. The number of carboxylic acids is 2. The van der Waals surface area contributed by atoms with Gasteiger partial charge in [-0.05, 0) is 55.3 Å². The van der Waals surface area contributed by atoms with Gasteiger partial charge in [-0.3, -0.25) is 4.90 Å². The van der Waals surface area contributed by atoms with Crippen LogP contribution in [0.3, 0.4) is 0 Å². The molecule has 0 spiro atoms. The lowest BCUT2D eigenvalue weighted by molar-refractivity contribution is -0.165. The molecule has 1 saturated heterocycles. The molecule has 1 aliphatic carbocycles. The summed E-state index contributed by atoms with van der Waals surface area (Å²) in [6, 6.07) is 8.03. The van der Waals surface area contributed by atoms with Crippen molar-refractivity contribution in [3.63, 3.8) is 0 Å². The lowest BCUT2D eigenvalue weighted by Gasteiger charge is -2.38. The topological polar surface area (TPSA) is 130 Å². The van der Waals surface area contributed by atoms with Gasteiger partial charge in [0.2, 0.25) is 0 Å². The molecule has 3 atom stereocenters. The van der Waals surface area contributed by atoms with Gasteiger partial charge < -0.3 is 25.7 Å². The maximum atomic E-state index is 12.6. The van der Waals surface area contributed by atoms with Crippen molar-refractivity contribution in [3.8, 4) is 0 Å². The molecule has 0 amide bonds. The number of halogens is 3. The molecule has 5 N–H and O–H groups in total. The van der Waals surface area contributed by atoms with Crippen LogP contribution >= 0.6 is 11.8 Å². The van der Waals surface area contributed by atoms with E-state index in [2.05, 4.69) is 10.2 Å². The number of benzene rings is 1. The monoisotopic (exact) mass is 508 g/mol. The van der Waals surface area contributed by atoms with Gasteiger partial charge >= 0.3 is 17.4 Å². The van der Waals surface area contributed by atoms with Crippen molar-refractivity contribution in [2.75, 3.05) is 13.1 Å². The Hall–Kier alpha value is -1.86. The summed E-state index contributed by atoms with van der Waals surface area (Å²) in [6.45, 7) is 2.79. The zero-order valence-corrected chi connectivity index (χ0v) is 19.4. The number of hydrogen-bond donors (Lipinski definition) is 5. The molecule has 1 aromatic carbocycles. The van der Waals surface area contributed by atoms with Crippen LogP contribution in [0.15, 0.2) is 29.2 Å². The number of aliphatic carboxylic acids is 2. The quantitative estimate of drug-likeness (QED) is 0.337. The number of carboxylic acid groups (broad SMARTS) is 2. The zero-order chi connectivity index (χ0) is 25.3. The van der Waals surface area contributed by atoms with Crippen LogP contribution in [0.2, 0.25) is 0 Å². The third-order valence-electron chi connectivity index (χ3n) is 5.85. The van der Waals surface area contributed by atoms with Crippen molar-refractivity contribution in [2.24, 2.45) is 0 Å². The number of carbonyl (C=O) groups is 2. The highest BCUT2D eigenvalue weighted by Gasteiger charge is 2.31. The fraction of sp³-hybridized carbons (Fsp3) is 0.636. The normalized spacial score (nSPS) is 20.9. The van der Waals surface area contributed by atoms with Gasteiger partial charge in [0.25, 0.3) is 0 Å². The van der Waals surface area contributed by atoms with Crippen LogP contribution in [-0.2, 0) is 16.1 Å². The highest BCUT2D eigenvalue weighted by Crippen LogP contribution is 2.37. The molecule has 1 heterocycles. The summed E-state index contributed by atoms with van der Waals surface area (Å²) in [5.74, 6) is -3.54. The number of aliphatic hydroxyl groups excluding tert-OH is 2. The second-order valence-corrected chi connectivity index (χ2v) is 9.51. The van der Waals surface area contributed by atoms with Crippen LogP contribution in [-0.4, -0.2) is 80.2 Å². The van der Waals surface area contributed by atoms with E-state index in [0.29, 0.717) is 12.1 Å². The summed E-state index contributed by atoms with van der Waals surface area (Å²) in [6.07, 6.45) is 2.88. The largest absolute Gasteiger partial charge is 0.479 e. The van der Waals surface area contributed by atoms with E-state index in [1.807, 2.05) is 6.07 Å². The van der Waals surface area contributed by atoms with Gasteiger partial charge in [0.15, 0.2) is 12.2 Å². The standard InChI is InChI=1S/C18H25F3N2S.C4H6O6/c19-18(20,21)24-17-8-4-5-14(11-17)13-23(16-9-10-22-12-16)15-6-2-1-3-7-15;5-1(3(7)8)2(6)4(9)10/h4-5,8,11,15-16,22H,1-3,6-7,9-10,12-13H2;1-2,5-6H,(H,7,8)(H,9,10)/t16-;1-,2-/m00/s1. The molecule has 2 fully saturated rings. The van der Waals surface area contributed by atoms with Crippen LogP contribution in [0.5, 0.6) is 0 Å². The maximum Gasteiger partial charge on any atom is 0.446 e. The molecule has 192 valence electrons. The molecule has 2 aliphatic rings. The molecule has 3 rings (SSSR count). The van der Waals surface area contributed by atoms with Crippen molar-refractivity contribution in [2.45, 2.75) is 79.8 Å². The Morgan fingerprint density at radius 2 is 1.65 bits per heavy atom. The zero-order valence-electron chi connectivity index (χ0n) is 18.6. The predicted octanol–water partition coefficient (Wildman–Crippen LogP) is 2.67. The molecule has 1 aliphatic heterocycles. The van der Waals surface area contributed by atoms with Crippen LogP contribution in [0.25, 0.3) is 0 Å². The second-order valence-electron chi connectivity index (χ2n) is 8.37. The summed E-state index contributed by atoms with van der Waals surface area (Å²) >= 11 is -0.0210. The van der Waals surface area contributed by atoms with Gasteiger partial charge in [0, 0.05) is 30.1 Å². The SMILES string of the molecule is FC(F)(F)Sc1cccc(CN(C2CCCCC2)[C@H]2CCNC2)c1.O=C(O)[C@@H](O)[C@H](O)C(=O)O. The van der Waals surface area contributed by atoms with E-state index >= 15 is 0 Å². The molecule has 0 radical (unpaired) electrons. The third-order valence-corrected chi connectivity index (χ3v) is 6.57. The molecule has 34 heavy (non-hydrogen) atoms. The Bertz CT molecular complexity index is 783. The smallest absolute Gasteiger partial charge is 0.446 e. The molecule has 0 bridgehead atoms. The minimum absolute atomic E-state index is 0.0210. The van der Waals surface area contributed by atoms with Gasteiger partial charge in [0.1, 0.15) is 0 Å². The van der Waals surface area contributed by atoms with E-state index in [4.69, 9.17) is 20.4 Å². The fourth-order valence-corrected chi connectivity index (χ4v) is 4.84. The van der Waals surface area contributed by atoms with Crippen molar-refractivity contribution >= 4 is 23.7 Å². The first kappa shape index (κ1) is 28.4. The van der Waals surface area contributed by atoms with E-state index in [1.54, 1.807) is 18.2 Å². The summed E-state index contributed by atoms with van der Waals surface area (Å²) in [7, 11) is 0. The highest BCUT2D eigenvalue weighted by atomic mass is 32.2. The highest BCUT2D eigenvalue weighted by molar-refractivity contribution is 8.00. The Kier molecular flexibility index (Phi) is 11.1. The van der Waals surface area contributed by atoms with Gasteiger partial charge in [-0.25, -0.2) is 9.59 Å². The van der Waals surface area contributed by atoms with Gasteiger partial charge in [-0.15, -0.1) is 0 Å². The number of thioether (sulfide) groups is 1. The third kappa shape index (κ3) is 9.41. The van der Waals surface area contributed by atoms with E-state index in [-0.39, 0.29) is 16.7 Å². The second kappa shape index (κ2) is 13.3. The van der Waals surface area contributed by atoms with Crippen LogP contribution < -0.4 is 5.32 Å². The fourth-order valence-electron chi connectivity index (χ4n) is 4.21. The van der Waals surface area contributed by atoms with Crippen molar-refractivity contribution in [3.05, 3.63) is 29.8 Å². The number of hydrogen-bond acceptors (Lipinski definition) is 7. The summed E-state index contributed by atoms with van der Waals surface area (Å²) in [4.78, 5) is 22.4. The lowest BCUT2D eigenvalue weighted by Crippen LogP contribution is -2.44.